The van der Waals surface area contributed by atoms with Crippen LogP contribution in [-0.2, 0) is 27.7 Å². The van der Waals surface area contributed by atoms with Crippen molar-refractivity contribution in [3.63, 3.8) is 0 Å². The molecule has 0 unspecified atom stereocenters. The van der Waals surface area contributed by atoms with Gasteiger partial charge in [0.2, 0.25) is 21.8 Å². The predicted molar refractivity (Wildman–Crippen MR) is 123 cm³/mol. The van der Waals surface area contributed by atoms with Crippen LogP contribution in [-0.4, -0.2) is 37.8 Å². The monoisotopic (exact) mass is 475 g/mol. The quantitative estimate of drug-likeness (QED) is 0.493. The molecule has 0 amide bonds. The zero-order chi connectivity index (χ0) is 22.8. The lowest BCUT2D eigenvalue weighted by Crippen LogP contribution is -2.35. The fourth-order valence-electron chi connectivity index (χ4n) is 4.49. The molecule has 3 aromatic rings. The van der Waals surface area contributed by atoms with Gasteiger partial charge < -0.3 is 9.15 Å². The van der Waals surface area contributed by atoms with Gasteiger partial charge in [0.15, 0.2) is 0 Å². The molecule has 2 atom stereocenters. The smallest absolute Gasteiger partial charge is 0.213 e. The third-order valence-electron chi connectivity index (χ3n) is 5.83. The highest BCUT2D eigenvalue weighted by Gasteiger charge is 2.45. The van der Waals surface area contributed by atoms with Crippen LogP contribution in [0.5, 0.6) is 5.88 Å². The van der Waals surface area contributed by atoms with E-state index in [9.17, 15) is 8.42 Å². The number of halogens is 1. The number of oxazole rings is 1. The van der Waals surface area contributed by atoms with Crippen molar-refractivity contribution in [2.45, 2.75) is 43.0 Å². The van der Waals surface area contributed by atoms with Gasteiger partial charge in [0, 0.05) is 17.7 Å². The van der Waals surface area contributed by atoms with E-state index in [1.807, 2.05) is 30.3 Å². The maximum absolute atomic E-state index is 11.8. The molecule has 4 rings (SSSR count). The Bertz CT molecular complexity index is 1200. The third-order valence-corrected chi connectivity index (χ3v) is 6.86. The van der Waals surface area contributed by atoms with Crippen LogP contribution in [0.15, 0.2) is 53.1 Å². The lowest BCUT2D eigenvalue weighted by Gasteiger charge is -2.26. The van der Waals surface area contributed by atoms with Crippen molar-refractivity contribution in [1.82, 2.24) is 14.7 Å². The van der Waals surface area contributed by atoms with Crippen molar-refractivity contribution >= 4 is 21.6 Å². The Kier molecular flexibility index (Phi) is 6.55. The van der Waals surface area contributed by atoms with Gasteiger partial charge in [0.25, 0.3) is 0 Å². The van der Waals surface area contributed by atoms with Crippen molar-refractivity contribution in [3.8, 4) is 17.1 Å². The summed E-state index contributed by atoms with van der Waals surface area (Å²) in [7, 11) is -1.71. The van der Waals surface area contributed by atoms with Gasteiger partial charge in [-0.15, -0.1) is 11.6 Å². The zero-order valence-electron chi connectivity index (χ0n) is 18.0. The van der Waals surface area contributed by atoms with E-state index in [4.69, 9.17) is 20.8 Å². The fraction of sp³-hybridized carbons (Fsp3) is 0.391. The van der Waals surface area contributed by atoms with Crippen LogP contribution < -0.4 is 9.46 Å². The van der Waals surface area contributed by atoms with E-state index in [0.717, 1.165) is 23.2 Å². The molecule has 1 fully saturated rings. The number of alkyl halides is 1. The Balaban J connectivity index is 1.66. The normalized spacial score (nSPS) is 21.0. The Morgan fingerprint density at radius 1 is 1.25 bits per heavy atom. The van der Waals surface area contributed by atoms with E-state index in [2.05, 4.69) is 26.8 Å². The molecule has 0 radical (unpaired) electrons. The van der Waals surface area contributed by atoms with E-state index in [-0.39, 0.29) is 11.9 Å². The molecule has 0 spiro atoms. The van der Waals surface area contributed by atoms with E-state index in [0.29, 0.717) is 36.7 Å². The molecule has 7 nitrogen and oxygen atoms in total. The second-order valence-electron chi connectivity index (χ2n) is 8.33. The summed E-state index contributed by atoms with van der Waals surface area (Å²) < 4.78 is 37.5. The minimum absolute atomic E-state index is 0.167. The van der Waals surface area contributed by atoms with Crippen LogP contribution in [0.2, 0.25) is 0 Å². The van der Waals surface area contributed by atoms with Crippen molar-refractivity contribution in [1.29, 1.82) is 0 Å². The molecular formula is C23H26ClN3O4S. The molecule has 1 aliphatic rings. The summed E-state index contributed by atoms with van der Waals surface area (Å²) in [4.78, 5) is 9.14. The van der Waals surface area contributed by atoms with Gasteiger partial charge >= 0.3 is 0 Å². The molecule has 0 saturated heterocycles. The van der Waals surface area contributed by atoms with Crippen molar-refractivity contribution < 1.29 is 17.6 Å². The Morgan fingerprint density at radius 3 is 2.78 bits per heavy atom. The Labute approximate surface area is 193 Å². The van der Waals surface area contributed by atoms with Gasteiger partial charge in [-0.25, -0.2) is 23.1 Å². The summed E-state index contributed by atoms with van der Waals surface area (Å²) >= 11 is 5.95. The number of methoxy groups -OCH3 is 1. The summed E-state index contributed by atoms with van der Waals surface area (Å²) in [6, 6.07) is 13.7. The first-order chi connectivity index (χ1) is 15.3. The van der Waals surface area contributed by atoms with E-state index in [1.54, 1.807) is 13.4 Å². The van der Waals surface area contributed by atoms with E-state index < -0.39 is 15.4 Å². The largest absolute Gasteiger partial charge is 0.481 e. The molecule has 0 aliphatic heterocycles. The highest BCUT2D eigenvalue weighted by Crippen LogP contribution is 2.44. The summed E-state index contributed by atoms with van der Waals surface area (Å²) in [5.41, 5.74) is 3.15. The van der Waals surface area contributed by atoms with E-state index >= 15 is 0 Å². The van der Waals surface area contributed by atoms with Gasteiger partial charge in [0.1, 0.15) is 6.26 Å². The first kappa shape index (κ1) is 22.8. The number of hydrogen-bond acceptors (Lipinski definition) is 6. The highest BCUT2D eigenvalue weighted by atomic mass is 35.5. The number of rotatable bonds is 8. The molecule has 32 heavy (non-hydrogen) atoms. The first-order valence-electron chi connectivity index (χ1n) is 10.4. The van der Waals surface area contributed by atoms with Crippen molar-refractivity contribution in [2.75, 3.05) is 13.4 Å². The Morgan fingerprint density at radius 2 is 2.06 bits per heavy atom. The number of hydrogen-bond donors (Lipinski definition) is 1. The third kappa shape index (κ3) is 5.14. The van der Waals surface area contributed by atoms with Crippen LogP contribution in [0.1, 0.15) is 36.4 Å². The molecule has 1 N–H and O–H groups in total. The predicted octanol–water partition coefficient (Wildman–Crippen LogP) is 4.07. The summed E-state index contributed by atoms with van der Waals surface area (Å²) in [6.45, 7) is 0. The minimum Gasteiger partial charge on any atom is -0.481 e. The van der Waals surface area contributed by atoms with Crippen LogP contribution >= 0.6 is 11.6 Å². The van der Waals surface area contributed by atoms with Gasteiger partial charge in [0.05, 0.1) is 36.0 Å². The number of aromatic nitrogens is 2. The number of benzene rings is 1. The lowest BCUT2D eigenvalue weighted by atomic mass is 9.79. The lowest BCUT2D eigenvalue weighted by molar-refractivity contribution is 0.318. The maximum atomic E-state index is 11.8. The molecule has 1 saturated carbocycles. The van der Waals surface area contributed by atoms with Gasteiger partial charge in [-0.05, 0) is 43.4 Å². The van der Waals surface area contributed by atoms with Crippen LogP contribution in [0, 0.1) is 0 Å². The van der Waals surface area contributed by atoms with Crippen LogP contribution in [0.4, 0.5) is 0 Å². The van der Waals surface area contributed by atoms with E-state index in [1.165, 1.54) is 6.26 Å². The summed E-state index contributed by atoms with van der Waals surface area (Å²) in [5, 5.41) is 0. The molecule has 0 bridgehead atoms. The average molecular weight is 476 g/mol. The Hall–Kier alpha value is -2.42. The molecule has 1 aliphatic carbocycles. The number of pyridine rings is 1. The number of sulfonamides is 1. The molecule has 1 aromatic carbocycles. The fourth-order valence-corrected chi connectivity index (χ4v) is 5.42. The summed E-state index contributed by atoms with van der Waals surface area (Å²) in [6.07, 6.45) is 5.50. The number of nitrogens with zero attached hydrogens (tertiary/aromatic N) is 2. The average Bonchev–Trinajstić information content (AvgIpc) is 3.41. The minimum atomic E-state index is -3.30. The standard InChI is InChI=1S/C23H26ClN3O4S/c1-30-21-8-4-7-20(26-21)17-6-3-5-16(11-17)12-23(22-25-19(14-24)15-31-22)10-9-18(13-23)27-32(2,28)29/h3-8,11,15,18,27H,9-10,12-14H2,1-2H3/t18-,23+/m0/s1. The SMILES string of the molecule is COc1cccc(-c2cccc(C[C@]3(c4nc(CCl)co4)CC[C@H](NS(C)(=O)=O)C3)c2)n1. The summed E-state index contributed by atoms with van der Waals surface area (Å²) in [5.74, 6) is 1.43. The van der Waals surface area contributed by atoms with Crippen LogP contribution in [0.3, 0.4) is 0 Å². The zero-order valence-corrected chi connectivity index (χ0v) is 19.6. The highest BCUT2D eigenvalue weighted by molar-refractivity contribution is 7.88. The number of nitrogens with one attached hydrogen (secondary N) is 1. The molecular weight excluding hydrogens is 450 g/mol. The maximum Gasteiger partial charge on any atom is 0.213 e. The number of ether oxygens (including phenoxy) is 1. The van der Waals surface area contributed by atoms with Gasteiger partial charge in [-0.3, -0.25) is 0 Å². The topological polar surface area (TPSA) is 94.3 Å². The second kappa shape index (κ2) is 9.21. The molecule has 170 valence electrons. The van der Waals surface area contributed by atoms with Crippen molar-refractivity contribution in [3.05, 3.63) is 65.9 Å². The molecule has 9 heteroatoms. The molecule has 2 aromatic heterocycles. The van der Waals surface area contributed by atoms with Gasteiger partial charge in [-0.1, -0.05) is 24.3 Å². The van der Waals surface area contributed by atoms with Gasteiger partial charge in [-0.2, -0.15) is 0 Å². The van der Waals surface area contributed by atoms with Crippen molar-refractivity contribution in [2.24, 2.45) is 0 Å². The van der Waals surface area contributed by atoms with Crippen LogP contribution in [0.25, 0.3) is 11.3 Å². The second-order valence-corrected chi connectivity index (χ2v) is 10.4. The first-order valence-corrected chi connectivity index (χ1v) is 12.8. The molecule has 2 heterocycles.